The molecule has 2 aromatic rings. The number of ether oxygens (including phenoxy) is 1. The van der Waals surface area contributed by atoms with Gasteiger partial charge in [-0.2, -0.15) is 0 Å². The Balaban J connectivity index is 1.98. The predicted molar refractivity (Wildman–Crippen MR) is 116 cm³/mol. The second-order valence-electron chi connectivity index (χ2n) is 6.24. The van der Waals surface area contributed by atoms with Gasteiger partial charge in [0.1, 0.15) is 12.3 Å². The molecule has 0 spiro atoms. The van der Waals surface area contributed by atoms with E-state index < -0.39 is 5.97 Å². The lowest BCUT2D eigenvalue weighted by Crippen LogP contribution is -2.20. The number of alkyl halides is 1. The minimum Gasteiger partial charge on any atom is -0.493 e. The van der Waals surface area contributed by atoms with Crippen LogP contribution in [0.4, 0.5) is 0 Å². The molecule has 0 heterocycles. The maximum absolute atomic E-state index is 11.1. The maximum Gasteiger partial charge on any atom is 0.323 e. The lowest BCUT2D eigenvalue weighted by molar-refractivity contribution is -0.137. The molecule has 2 rings (SSSR count). The largest absolute Gasteiger partial charge is 0.493 e. The number of aliphatic carboxylic acids is 1. The van der Waals surface area contributed by atoms with Gasteiger partial charge in [0.15, 0.2) is 0 Å². The highest BCUT2D eigenvalue weighted by atomic mass is 35.5. The second kappa shape index (κ2) is 11.9. The summed E-state index contributed by atoms with van der Waals surface area (Å²) >= 11 is 5.67. The lowest BCUT2D eigenvalue weighted by atomic mass is 10.1. The zero-order valence-corrected chi connectivity index (χ0v) is 16.8. The molecule has 28 heavy (non-hydrogen) atoms. The van der Waals surface area contributed by atoms with Crippen LogP contribution in [0, 0.1) is 0 Å². The van der Waals surface area contributed by atoms with E-state index in [0.29, 0.717) is 12.5 Å². The second-order valence-corrected chi connectivity index (χ2v) is 6.55. The summed E-state index contributed by atoms with van der Waals surface area (Å²) in [6.07, 6.45) is 10.8. The van der Waals surface area contributed by atoms with Crippen molar-refractivity contribution in [2.75, 3.05) is 19.0 Å². The number of hydrogen-bond acceptors (Lipinski definition) is 3. The van der Waals surface area contributed by atoms with Gasteiger partial charge in [-0.3, -0.25) is 4.79 Å². The van der Waals surface area contributed by atoms with E-state index in [9.17, 15) is 4.79 Å². The van der Waals surface area contributed by atoms with Gasteiger partial charge in [0.05, 0.1) is 6.61 Å². The summed E-state index contributed by atoms with van der Waals surface area (Å²) in [6.45, 7) is 2.41. The molecule has 0 amide bonds. The van der Waals surface area contributed by atoms with E-state index in [1.54, 1.807) is 17.2 Å². The number of nitrogens with zero attached hydrogens (tertiary/aromatic N) is 1. The molecule has 5 heteroatoms. The van der Waals surface area contributed by atoms with Crippen LogP contribution >= 0.6 is 11.6 Å². The zero-order valence-electron chi connectivity index (χ0n) is 16.1. The Kier molecular flexibility index (Phi) is 9.16. The summed E-state index contributed by atoms with van der Waals surface area (Å²) in [5, 5.41) is 11.3. The SMILES string of the molecule is C/C=C/C(=C\N(/C=C/CCl)CC(=O)O)CCCOc1cccc2ccccc12. The third-order valence-electron chi connectivity index (χ3n) is 4.03. The highest BCUT2D eigenvalue weighted by Gasteiger charge is 2.05. The number of carboxylic acid groups (broad SMARTS) is 1. The first kappa shape index (κ1) is 21.6. The number of carboxylic acids is 1. The van der Waals surface area contributed by atoms with Crippen molar-refractivity contribution in [1.82, 2.24) is 4.90 Å². The van der Waals surface area contributed by atoms with Crippen molar-refractivity contribution < 1.29 is 14.6 Å². The molecule has 2 aromatic carbocycles. The highest BCUT2D eigenvalue weighted by Crippen LogP contribution is 2.25. The molecule has 1 N–H and O–H groups in total. The molecule has 0 aliphatic carbocycles. The minimum atomic E-state index is -0.894. The van der Waals surface area contributed by atoms with Gasteiger partial charge in [-0.1, -0.05) is 54.6 Å². The average molecular weight is 400 g/mol. The molecular weight excluding hydrogens is 374 g/mol. The van der Waals surface area contributed by atoms with Crippen molar-refractivity contribution in [1.29, 1.82) is 0 Å². The lowest BCUT2D eigenvalue weighted by Gasteiger charge is -2.15. The van der Waals surface area contributed by atoms with Crippen molar-refractivity contribution in [2.45, 2.75) is 19.8 Å². The quantitative estimate of drug-likeness (QED) is 0.303. The van der Waals surface area contributed by atoms with E-state index in [1.165, 1.54) is 0 Å². The van der Waals surface area contributed by atoms with Gasteiger partial charge < -0.3 is 14.7 Å². The van der Waals surface area contributed by atoms with Crippen LogP contribution in [0.25, 0.3) is 10.8 Å². The molecule has 0 aliphatic heterocycles. The summed E-state index contributed by atoms with van der Waals surface area (Å²) in [7, 11) is 0. The number of fused-ring (bicyclic) bond motifs is 1. The number of benzene rings is 2. The minimum absolute atomic E-state index is 0.110. The number of rotatable bonds is 11. The first-order valence-corrected chi connectivity index (χ1v) is 9.81. The fraction of sp³-hybridized carbons (Fsp3) is 0.261. The molecule has 148 valence electrons. The van der Waals surface area contributed by atoms with Gasteiger partial charge in [-0.15, -0.1) is 11.6 Å². The van der Waals surface area contributed by atoms with Crippen LogP contribution in [0.15, 0.2) is 78.7 Å². The Morgan fingerprint density at radius 2 is 2.00 bits per heavy atom. The third kappa shape index (κ3) is 7.12. The van der Waals surface area contributed by atoms with Crippen LogP contribution in [0.2, 0.25) is 0 Å². The summed E-state index contributed by atoms with van der Waals surface area (Å²) in [6, 6.07) is 14.2. The molecule has 0 radical (unpaired) electrons. The Morgan fingerprint density at radius 3 is 2.75 bits per heavy atom. The standard InChI is InChI=1S/C23H26ClNO3/c1-2-8-19(17-25(15-7-14-24)18-23(26)27)9-6-16-28-22-13-5-11-20-10-3-4-12-21(20)22/h2-5,7-8,10-13,15,17H,6,9,14,16,18H2,1H3,(H,26,27)/b8-2+,15-7+,19-17+. The van der Waals surface area contributed by atoms with Crippen LogP contribution in [0.3, 0.4) is 0 Å². The van der Waals surface area contributed by atoms with E-state index in [2.05, 4.69) is 18.2 Å². The van der Waals surface area contributed by atoms with Gasteiger partial charge in [0.2, 0.25) is 0 Å². The summed E-state index contributed by atoms with van der Waals surface area (Å²) in [5.41, 5.74) is 1.03. The fourth-order valence-electron chi connectivity index (χ4n) is 2.87. The van der Waals surface area contributed by atoms with Gasteiger partial charge in [-0.25, -0.2) is 0 Å². The van der Waals surface area contributed by atoms with E-state index in [-0.39, 0.29) is 6.54 Å². The van der Waals surface area contributed by atoms with Crippen LogP contribution in [0.5, 0.6) is 5.75 Å². The number of allylic oxidation sites excluding steroid dienone is 4. The summed E-state index contributed by atoms with van der Waals surface area (Å²) in [5.74, 6) is 0.323. The third-order valence-corrected chi connectivity index (χ3v) is 4.21. The molecule has 4 nitrogen and oxygen atoms in total. The molecule has 0 aromatic heterocycles. The molecule has 0 bridgehead atoms. The Bertz CT molecular complexity index is 853. The molecule has 0 aliphatic rings. The van der Waals surface area contributed by atoms with E-state index >= 15 is 0 Å². The van der Waals surface area contributed by atoms with Gasteiger partial charge in [0.25, 0.3) is 0 Å². The summed E-state index contributed by atoms with van der Waals surface area (Å²) < 4.78 is 5.99. The van der Waals surface area contributed by atoms with Crippen molar-refractivity contribution in [2.24, 2.45) is 0 Å². The van der Waals surface area contributed by atoms with Crippen LogP contribution < -0.4 is 4.74 Å². The van der Waals surface area contributed by atoms with Gasteiger partial charge in [-0.05, 0) is 36.8 Å². The van der Waals surface area contributed by atoms with E-state index in [1.807, 2.05) is 49.5 Å². The zero-order chi connectivity index (χ0) is 20.2. The van der Waals surface area contributed by atoms with Crippen molar-refractivity contribution in [3.63, 3.8) is 0 Å². The molecule has 0 fully saturated rings. The predicted octanol–water partition coefficient (Wildman–Crippen LogP) is 5.60. The highest BCUT2D eigenvalue weighted by molar-refractivity contribution is 6.18. The first-order valence-electron chi connectivity index (χ1n) is 9.28. The molecule has 0 saturated carbocycles. The molecule has 0 atom stereocenters. The van der Waals surface area contributed by atoms with E-state index in [0.717, 1.165) is 34.9 Å². The first-order chi connectivity index (χ1) is 13.6. The normalized spacial score (nSPS) is 12.1. The van der Waals surface area contributed by atoms with Crippen LogP contribution in [-0.4, -0.2) is 35.0 Å². The van der Waals surface area contributed by atoms with Gasteiger partial charge in [0, 0.05) is 23.7 Å². The fourth-order valence-corrected chi connectivity index (χ4v) is 2.95. The molecular formula is C23H26ClNO3. The number of halogens is 1. The Hall–Kier alpha value is -2.72. The van der Waals surface area contributed by atoms with Crippen molar-refractivity contribution >= 4 is 28.3 Å². The molecule has 0 unspecified atom stereocenters. The van der Waals surface area contributed by atoms with E-state index in [4.69, 9.17) is 21.4 Å². The van der Waals surface area contributed by atoms with Crippen molar-refractivity contribution in [3.8, 4) is 5.75 Å². The number of carbonyl (C=O) groups is 1. The number of hydrogen-bond donors (Lipinski definition) is 1. The summed E-state index contributed by atoms with van der Waals surface area (Å²) in [4.78, 5) is 12.7. The monoisotopic (exact) mass is 399 g/mol. The Labute approximate surface area is 171 Å². The smallest absolute Gasteiger partial charge is 0.323 e. The van der Waals surface area contributed by atoms with Crippen LogP contribution in [0.1, 0.15) is 19.8 Å². The topological polar surface area (TPSA) is 49.8 Å². The Morgan fingerprint density at radius 1 is 1.21 bits per heavy atom. The average Bonchev–Trinajstić information content (AvgIpc) is 2.69. The van der Waals surface area contributed by atoms with Gasteiger partial charge >= 0.3 is 5.97 Å². The van der Waals surface area contributed by atoms with Crippen LogP contribution in [-0.2, 0) is 4.79 Å². The maximum atomic E-state index is 11.1. The molecule has 0 saturated heterocycles. The van der Waals surface area contributed by atoms with Crippen molar-refractivity contribution in [3.05, 3.63) is 78.7 Å².